The lowest BCUT2D eigenvalue weighted by Crippen LogP contribution is -2.28. The summed E-state index contributed by atoms with van der Waals surface area (Å²) in [6.45, 7) is 0.635. The lowest BCUT2D eigenvalue weighted by molar-refractivity contribution is -0.154. The summed E-state index contributed by atoms with van der Waals surface area (Å²) >= 11 is 0. The molecule has 0 spiro atoms. The number of esters is 1. The molecule has 1 fully saturated rings. The highest BCUT2D eigenvalue weighted by atomic mass is 16.6. The van der Waals surface area contributed by atoms with Crippen LogP contribution in [-0.2, 0) is 23.7 Å². The first-order chi connectivity index (χ1) is 12.1. The summed E-state index contributed by atoms with van der Waals surface area (Å²) < 4.78 is 22.2. The standard InChI is InChI=1S/C15H23N3O7/c16-12-3-4-18(15(21)17-12)13-2-1-11(25-13)9-24-14(20)10-23-8-7-22-6-5-19/h3-4,11,13,19H,1-2,5-10H2,(H2,16,17,21). The summed E-state index contributed by atoms with van der Waals surface area (Å²) in [5.74, 6) is -0.341. The molecule has 1 aromatic rings. The monoisotopic (exact) mass is 357 g/mol. The average molecular weight is 357 g/mol. The molecule has 2 rings (SSSR count). The molecule has 1 aromatic heterocycles. The van der Waals surface area contributed by atoms with Gasteiger partial charge in [-0.05, 0) is 18.9 Å². The third kappa shape index (κ3) is 6.42. The SMILES string of the molecule is Nc1ccn(C2CCC(COC(=O)COCCOCCO)O2)c(=O)n1. The van der Waals surface area contributed by atoms with Crippen LogP contribution in [0.15, 0.2) is 17.1 Å². The van der Waals surface area contributed by atoms with Gasteiger partial charge in [0.15, 0.2) is 0 Å². The predicted molar refractivity (Wildman–Crippen MR) is 85.7 cm³/mol. The normalized spacial score (nSPS) is 19.9. The van der Waals surface area contributed by atoms with E-state index in [2.05, 4.69) is 4.98 Å². The zero-order valence-electron chi connectivity index (χ0n) is 13.8. The third-order valence-electron chi connectivity index (χ3n) is 3.50. The van der Waals surface area contributed by atoms with Crippen LogP contribution in [0.4, 0.5) is 5.82 Å². The molecule has 0 amide bonds. The summed E-state index contributed by atoms with van der Waals surface area (Å²) in [6, 6.07) is 1.53. The third-order valence-corrected chi connectivity index (χ3v) is 3.50. The molecule has 10 nitrogen and oxygen atoms in total. The van der Waals surface area contributed by atoms with Gasteiger partial charge in [-0.2, -0.15) is 4.98 Å². The first kappa shape index (κ1) is 19.3. The molecule has 0 saturated carbocycles. The van der Waals surface area contributed by atoms with E-state index in [9.17, 15) is 9.59 Å². The molecule has 2 unspecified atom stereocenters. The number of nitrogens with two attached hydrogens (primary N) is 1. The molecular formula is C15H23N3O7. The van der Waals surface area contributed by atoms with E-state index in [0.29, 0.717) is 19.4 Å². The second kappa shape index (κ2) is 10.1. The Kier molecular flexibility index (Phi) is 7.79. The van der Waals surface area contributed by atoms with Gasteiger partial charge in [0.2, 0.25) is 0 Å². The molecule has 140 valence electrons. The quantitative estimate of drug-likeness (QED) is 0.402. The summed E-state index contributed by atoms with van der Waals surface area (Å²) in [5.41, 5.74) is 4.98. The highest BCUT2D eigenvalue weighted by Gasteiger charge is 2.28. The first-order valence-electron chi connectivity index (χ1n) is 8.02. The van der Waals surface area contributed by atoms with Crippen LogP contribution in [-0.4, -0.2) is 66.4 Å². The van der Waals surface area contributed by atoms with Crippen molar-refractivity contribution in [1.82, 2.24) is 9.55 Å². The molecule has 0 radical (unpaired) electrons. The Morgan fingerprint density at radius 3 is 2.92 bits per heavy atom. The van der Waals surface area contributed by atoms with Crippen LogP contribution in [0.25, 0.3) is 0 Å². The summed E-state index contributed by atoms with van der Waals surface area (Å²) in [7, 11) is 0. The summed E-state index contributed by atoms with van der Waals surface area (Å²) in [6.07, 6.45) is 2.09. The minimum Gasteiger partial charge on any atom is -0.461 e. The number of carbonyl (C=O) groups excluding carboxylic acids is 1. The number of aliphatic hydroxyl groups excluding tert-OH is 1. The van der Waals surface area contributed by atoms with E-state index in [0.717, 1.165) is 0 Å². The Labute approximate surface area is 144 Å². The van der Waals surface area contributed by atoms with Gasteiger partial charge < -0.3 is 29.8 Å². The minimum absolute atomic E-state index is 0.0526. The molecule has 2 atom stereocenters. The predicted octanol–water partition coefficient (Wildman–Crippen LogP) is -0.928. The number of aromatic nitrogens is 2. The van der Waals surface area contributed by atoms with Crippen molar-refractivity contribution in [3.63, 3.8) is 0 Å². The molecule has 25 heavy (non-hydrogen) atoms. The largest absolute Gasteiger partial charge is 0.461 e. The van der Waals surface area contributed by atoms with E-state index >= 15 is 0 Å². The zero-order valence-corrected chi connectivity index (χ0v) is 13.8. The van der Waals surface area contributed by atoms with Crippen molar-refractivity contribution in [1.29, 1.82) is 0 Å². The smallest absolute Gasteiger partial charge is 0.351 e. The van der Waals surface area contributed by atoms with Gasteiger partial charge in [-0.25, -0.2) is 9.59 Å². The second-order valence-electron chi connectivity index (χ2n) is 5.40. The van der Waals surface area contributed by atoms with E-state index in [-0.39, 0.29) is 45.0 Å². The fraction of sp³-hybridized carbons (Fsp3) is 0.667. The van der Waals surface area contributed by atoms with Gasteiger partial charge in [0, 0.05) is 6.20 Å². The van der Waals surface area contributed by atoms with Crippen LogP contribution < -0.4 is 11.4 Å². The fourth-order valence-electron chi connectivity index (χ4n) is 2.33. The van der Waals surface area contributed by atoms with Gasteiger partial charge in [-0.1, -0.05) is 0 Å². The summed E-state index contributed by atoms with van der Waals surface area (Å²) in [5, 5.41) is 8.52. The number of nitrogens with zero attached hydrogens (tertiary/aromatic N) is 2. The van der Waals surface area contributed by atoms with Crippen molar-refractivity contribution in [3.8, 4) is 0 Å². The molecule has 1 saturated heterocycles. The summed E-state index contributed by atoms with van der Waals surface area (Å²) in [4.78, 5) is 27.0. The van der Waals surface area contributed by atoms with Crippen molar-refractivity contribution in [2.24, 2.45) is 0 Å². The maximum atomic E-state index is 11.8. The number of carbonyl (C=O) groups is 1. The van der Waals surface area contributed by atoms with Crippen LogP contribution in [0.5, 0.6) is 0 Å². The zero-order chi connectivity index (χ0) is 18.1. The number of anilines is 1. The van der Waals surface area contributed by atoms with Gasteiger partial charge in [0.25, 0.3) is 0 Å². The number of hydrogen-bond donors (Lipinski definition) is 2. The molecule has 3 N–H and O–H groups in total. The highest BCUT2D eigenvalue weighted by molar-refractivity contribution is 5.70. The molecule has 10 heteroatoms. The molecule has 0 aromatic carbocycles. The van der Waals surface area contributed by atoms with E-state index < -0.39 is 17.9 Å². The van der Waals surface area contributed by atoms with E-state index in [1.54, 1.807) is 0 Å². The fourth-order valence-corrected chi connectivity index (χ4v) is 2.33. The molecule has 2 heterocycles. The molecule has 1 aliphatic rings. The van der Waals surface area contributed by atoms with Gasteiger partial charge in [0.1, 0.15) is 25.3 Å². The Morgan fingerprint density at radius 2 is 2.16 bits per heavy atom. The van der Waals surface area contributed by atoms with E-state index in [1.807, 2.05) is 0 Å². The van der Waals surface area contributed by atoms with Gasteiger partial charge in [-0.3, -0.25) is 4.57 Å². The molecule has 0 aliphatic carbocycles. The van der Waals surface area contributed by atoms with Crippen molar-refractivity contribution in [2.45, 2.75) is 25.2 Å². The van der Waals surface area contributed by atoms with Crippen LogP contribution in [0, 0.1) is 0 Å². The van der Waals surface area contributed by atoms with Crippen molar-refractivity contribution < 1.29 is 28.8 Å². The lowest BCUT2D eigenvalue weighted by atomic mass is 10.2. The number of ether oxygens (including phenoxy) is 4. The number of nitrogen functional groups attached to an aromatic ring is 1. The number of aliphatic hydroxyl groups is 1. The Morgan fingerprint density at radius 1 is 1.36 bits per heavy atom. The maximum absolute atomic E-state index is 11.8. The lowest BCUT2D eigenvalue weighted by Gasteiger charge is -2.15. The average Bonchev–Trinajstić information content (AvgIpc) is 3.05. The Balaban J connectivity index is 1.64. The first-order valence-corrected chi connectivity index (χ1v) is 8.02. The number of hydrogen-bond acceptors (Lipinski definition) is 9. The molecule has 0 bridgehead atoms. The van der Waals surface area contributed by atoms with Crippen LogP contribution in [0.2, 0.25) is 0 Å². The maximum Gasteiger partial charge on any atom is 0.351 e. The van der Waals surface area contributed by atoms with Crippen molar-refractivity contribution in [2.75, 3.05) is 45.4 Å². The van der Waals surface area contributed by atoms with Gasteiger partial charge in [-0.15, -0.1) is 0 Å². The Bertz CT molecular complexity index is 607. The van der Waals surface area contributed by atoms with Crippen molar-refractivity contribution >= 4 is 11.8 Å². The number of rotatable bonds is 10. The minimum atomic E-state index is -0.500. The second-order valence-corrected chi connectivity index (χ2v) is 5.40. The Hall–Kier alpha value is -2.01. The highest BCUT2D eigenvalue weighted by Crippen LogP contribution is 2.27. The molecular weight excluding hydrogens is 334 g/mol. The van der Waals surface area contributed by atoms with E-state index in [4.69, 9.17) is 29.8 Å². The van der Waals surface area contributed by atoms with Gasteiger partial charge in [0.05, 0.1) is 32.5 Å². The van der Waals surface area contributed by atoms with Gasteiger partial charge >= 0.3 is 11.7 Å². The van der Waals surface area contributed by atoms with Crippen LogP contribution >= 0.6 is 0 Å². The van der Waals surface area contributed by atoms with E-state index in [1.165, 1.54) is 16.8 Å². The van der Waals surface area contributed by atoms with Crippen LogP contribution in [0.1, 0.15) is 19.1 Å². The topological polar surface area (TPSA) is 135 Å². The molecule has 1 aliphatic heterocycles. The van der Waals surface area contributed by atoms with Crippen molar-refractivity contribution in [3.05, 3.63) is 22.7 Å². The van der Waals surface area contributed by atoms with Crippen LogP contribution in [0.3, 0.4) is 0 Å².